The molecule has 114 valence electrons. The molecule has 5 nitrogen and oxygen atoms in total. The highest BCUT2D eigenvalue weighted by Crippen LogP contribution is 2.07. The molecule has 0 radical (unpaired) electrons. The van der Waals surface area contributed by atoms with Gasteiger partial charge in [0.25, 0.3) is 5.91 Å². The number of guanidine groups is 1. The third-order valence-corrected chi connectivity index (χ3v) is 3.19. The van der Waals surface area contributed by atoms with Crippen molar-refractivity contribution >= 4 is 47.2 Å². The van der Waals surface area contributed by atoms with Crippen LogP contribution in [0.15, 0.2) is 22.5 Å². The highest BCUT2D eigenvalue weighted by atomic mass is 127. The van der Waals surface area contributed by atoms with Crippen LogP contribution in [-0.2, 0) is 0 Å². The first-order valence-corrected chi connectivity index (χ1v) is 7.49. The monoisotopic (exact) mass is 410 g/mol. The van der Waals surface area contributed by atoms with Gasteiger partial charge in [-0.3, -0.25) is 9.79 Å². The molecular weight excluding hydrogens is 387 g/mol. The van der Waals surface area contributed by atoms with Crippen LogP contribution in [0.5, 0.6) is 0 Å². The van der Waals surface area contributed by atoms with E-state index in [-0.39, 0.29) is 29.9 Å². The number of carbonyl (C=O) groups excluding carboxylic acids is 1. The molecule has 7 heteroatoms. The molecule has 1 heterocycles. The fourth-order valence-corrected chi connectivity index (χ4v) is 2.12. The molecule has 0 bridgehead atoms. The molecule has 1 aromatic rings. The zero-order valence-corrected chi connectivity index (χ0v) is 15.1. The Morgan fingerprint density at radius 3 is 2.50 bits per heavy atom. The van der Waals surface area contributed by atoms with Gasteiger partial charge in [-0.1, -0.05) is 6.07 Å². The summed E-state index contributed by atoms with van der Waals surface area (Å²) in [5, 5.41) is 11.1. The third-order valence-electron chi connectivity index (χ3n) is 2.32. The highest BCUT2D eigenvalue weighted by molar-refractivity contribution is 14.0. The number of aliphatic imine (C=N–C) groups is 1. The van der Waals surface area contributed by atoms with Crippen LogP contribution >= 0.6 is 35.3 Å². The predicted octanol–water partition coefficient (Wildman–Crippen LogP) is 2.06. The maximum atomic E-state index is 11.6. The minimum absolute atomic E-state index is 0. The van der Waals surface area contributed by atoms with Crippen molar-refractivity contribution in [2.45, 2.75) is 20.3 Å². The second kappa shape index (κ2) is 12.0. The lowest BCUT2D eigenvalue weighted by atomic mass is 10.4. The number of carbonyl (C=O) groups is 1. The molecule has 0 aliphatic rings. The molecule has 0 aliphatic heterocycles. The molecule has 0 fully saturated rings. The van der Waals surface area contributed by atoms with E-state index in [0.29, 0.717) is 13.1 Å². The topological polar surface area (TPSA) is 65.5 Å². The lowest BCUT2D eigenvalue weighted by molar-refractivity contribution is 0.0957. The van der Waals surface area contributed by atoms with Crippen LogP contribution in [0.1, 0.15) is 29.9 Å². The van der Waals surface area contributed by atoms with Crippen molar-refractivity contribution in [3.05, 3.63) is 22.4 Å². The molecule has 1 rings (SSSR count). The van der Waals surface area contributed by atoms with E-state index in [1.54, 1.807) is 0 Å². The number of hydrogen-bond acceptors (Lipinski definition) is 3. The molecule has 0 unspecified atom stereocenters. The third kappa shape index (κ3) is 7.68. The summed E-state index contributed by atoms with van der Waals surface area (Å²) >= 11 is 1.45. The molecule has 0 atom stereocenters. The Morgan fingerprint density at radius 2 is 1.95 bits per heavy atom. The summed E-state index contributed by atoms with van der Waals surface area (Å²) < 4.78 is 0. The Hall–Kier alpha value is -0.830. The van der Waals surface area contributed by atoms with Crippen molar-refractivity contribution in [1.82, 2.24) is 16.0 Å². The average Bonchev–Trinajstić information content (AvgIpc) is 2.92. The van der Waals surface area contributed by atoms with E-state index in [9.17, 15) is 4.79 Å². The molecule has 1 amide bonds. The fourth-order valence-electron chi connectivity index (χ4n) is 1.48. The number of hydrogen-bond donors (Lipinski definition) is 3. The molecule has 1 aromatic heterocycles. The number of thiophene rings is 1. The summed E-state index contributed by atoms with van der Waals surface area (Å²) in [6.45, 7) is 7.11. The van der Waals surface area contributed by atoms with Crippen molar-refractivity contribution < 1.29 is 4.79 Å². The Morgan fingerprint density at radius 1 is 1.25 bits per heavy atom. The Labute approximate surface area is 141 Å². The van der Waals surface area contributed by atoms with Gasteiger partial charge in [0.1, 0.15) is 0 Å². The van der Waals surface area contributed by atoms with Crippen LogP contribution in [-0.4, -0.2) is 38.0 Å². The number of nitrogens with one attached hydrogen (secondary N) is 3. The lowest BCUT2D eigenvalue weighted by Gasteiger charge is -2.09. The van der Waals surface area contributed by atoms with E-state index in [1.807, 2.05) is 31.4 Å². The van der Waals surface area contributed by atoms with Gasteiger partial charge in [-0.2, -0.15) is 0 Å². The standard InChI is InChI=1S/C13H22N4OS.HI/c1-3-14-13(15-4-2)17-9-6-8-16-12(18)11-7-5-10-19-11;/h5,7,10H,3-4,6,8-9H2,1-2H3,(H,16,18)(H2,14,15,17);1H. The van der Waals surface area contributed by atoms with E-state index in [2.05, 4.69) is 20.9 Å². The minimum Gasteiger partial charge on any atom is -0.357 e. The maximum absolute atomic E-state index is 11.6. The van der Waals surface area contributed by atoms with Crippen LogP contribution in [0.3, 0.4) is 0 Å². The minimum atomic E-state index is -0.00225. The predicted molar refractivity (Wildman–Crippen MR) is 96.3 cm³/mol. The normalized spacial score (nSPS) is 9.30. The van der Waals surface area contributed by atoms with Gasteiger partial charge in [0, 0.05) is 26.2 Å². The Kier molecular flexibility index (Phi) is 11.5. The number of nitrogens with zero attached hydrogens (tertiary/aromatic N) is 1. The van der Waals surface area contributed by atoms with E-state index >= 15 is 0 Å². The fraction of sp³-hybridized carbons (Fsp3) is 0.538. The molecule has 0 saturated carbocycles. The van der Waals surface area contributed by atoms with Crippen molar-refractivity contribution in [2.75, 3.05) is 26.2 Å². The van der Waals surface area contributed by atoms with Gasteiger partial charge in [-0.05, 0) is 31.7 Å². The van der Waals surface area contributed by atoms with Crippen molar-refractivity contribution in [3.8, 4) is 0 Å². The van der Waals surface area contributed by atoms with Crippen LogP contribution in [0.4, 0.5) is 0 Å². The zero-order valence-electron chi connectivity index (χ0n) is 11.9. The van der Waals surface area contributed by atoms with Crippen molar-refractivity contribution in [2.24, 2.45) is 4.99 Å². The summed E-state index contributed by atoms with van der Waals surface area (Å²) in [4.78, 5) is 16.8. The zero-order chi connectivity index (χ0) is 13.9. The molecule has 0 spiro atoms. The quantitative estimate of drug-likeness (QED) is 0.279. The van der Waals surface area contributed by atoms with Crippen LogP contribution in [0.2, 0.25) is 0 Å². The second-order valence-corrected chi connectivity index (χ2v) is 4.83. The van der Waals surface area contributed by atoms with E-state index in [4.69, 9.17) is 0 Å². The number of halogens is 1. The van der Waals surface area contributed by atoms with Gasteiger partial charge < -0.3 is 16.0 Å². The van der Waals surface area contributed by atoms with Crippen molar-refractivity contribution in [3.63, 3.8) is 0 Å². The summed E-state index contributed by atoms with van der Waals surface area (Å²) in [6.07, 6.45) is 0.831. The van der Waals surface area contributed by atoms with E-state index in [1.165, 1.54) is 11.3 Å². The summed E-state index contributed by atoms with van der Waals surface area (Å²) in [7, 11) is 0. The van der Waals surface area contributed by atoms with Gasteiger partial charge in [-0.25, -0.2) is 0 Å². The average molecular weight is 410 g/mol. The van der Waals surface area contributed by atoms with Gasteiger partial charge in [0.2, 0.25) is 0 Å². The number of rotatable bonds is 7. The first-order chi connectivity index (χ1) is 9.27. The molecule has 0 aromatic carbocycles. The van der Waals surface area contributed by atoms with Gasteiger partial charge in [-0.15, -0.1) is 35.3 Å². The van der Waals surface area contributed by atoms with Crippen LogP contribution < -0.4 is 16.0 Å². The van der Waals surface area contributed by atoms with E-state index in [0.717, 1.165) is 30.3 Å². The van der Waals surface area contributed by atoms with Gasteiger partial charge in [0.05, 0.1) is 4.88 Å². The smallest absolute Gasteiger partial charge is 0.261 e. The van der Waals surface area contributed by atoms with E-state index < -0.39 is 0 Å². The molecule has 0 saturated heterocycles. The largest absolute Gasteiger partial charge is 0.357 e. The van der Waals surface area contributed by atoms with Gasteiger partial charge >= 0.3 is 0 Å². The summed E-state index contributed by atoms with van der Waals surface area (Å²) in [5.41, 5.74) is 0. The second-order valence-electron chi connectivity index (χ2n) is 3.88. The molecular formula is C13H23IN4OS. The summed E-state index contributed by atoms with van der Waals surface area (Å²) in [5.74, 6) is 0.826. The highest BCUT2D eigenvalue weighted by Gasteiger charge is 2.04. The lowest BCUT2D eigenvalue weighted by Crippen LogP contribution is -2.37. The Bertz CT molecular complexity index is 387. The molecule has 3 N–H and O–H groups in total. The molecule has 0 aliphatic carbocycles. The maximum Gasteiger partial charge on any atom is 0.261 e. The molecule has 20 heavy (non-hydrogen) atoms. The first-order valence-electron chi connectivity index (χ1n) is 6.61. The van der Waals surface area contributed by atoms with Crippen LogP contribution in [0.25, 0.3) is 0 Å². The Balaban J connectivity index is 0.00000361. The van der Waals surface area contributed by atoms with Gasteiger partial charge in [0.15, 0.2) is 5.96 Å². The van der Waals surface area contributed by atoms with Crippen LogP contribution in [0, 0.1) is 0 Å². The summed E-state index contributed by atoms with van der Waals surface area (Å²) in [6, 6.07) is 3.70. The SMILES string of the molecule is CCNC(=NCCCNC(=O)c1cccs1)NCC.I. The van der Waals surface area contributed by atoms with Crippen molar-refractivity contribution in [1.29, 1.82) is 0 Å². The number of amides is 1. The first kappa shape index (κ1) is 19.2.